The molecule has 2 aromatic carbocycles. The number of anilines is 2. The summed E-state index contributed by atoms with van der Waals surface area (Å²) < 4.78 is 39.8. The second-order valence-electron chi connectivity index (χ2n) is 5.33. The molecule has 5 nitrogen and oxygen atoms in total. The van der Waals surface area contributed by atoms with Crippen LogP contribution in [0.1, 0.15) is 5.56 Å². The van der Waals surface area contributed by atoms with Crippen LogP contribution in [0.25, 0.3) is 0 Å². The second-order valence-corrected chi connectivity index (χ2v) is 7.01. The van der Waals surface area contributed by atoms with Crippen molar-refractivity contribution in [2.75, 3.05) is 10.0 Å². The number of halogens is 1. The van der Waals surface area contributed by atoms with Crippen LogP contribution in [0.5, 0.6) is 0 Å². The van der Waals surface area contributed by atoms with Gasteiger partial charge in [0.1, 0.15) is 11.6 Å². The normalized spacial score (nSPS) is 11.1. The largest absolute Gasteiger partial charge is 0.380 e. The number of hydrogen-bond donors (Lipinski definition) is 2. The van der Waals surface area contributed by atoms with Crippen LogP contribution in [-0.2, 0) is 16.6 Å². The summed E-state index contributed by atoms with van der Waals surface area (Å²) in [5, 5.41) is 3.14. The lowest BCUT2D eigenvalue weighted by molar-refractivity contribution is 0.601. The van der Waals surface area contributed by atoms with Crippen molar-refractivity contribution in [3.8, 4) is 0 Å². The Kier molecular flexibility index (Phi) is 4.95. The molecule has 0 fully saturated rings. The van der Waals surface area contributed by atoms with Crippen LogP contribution in [0.15, 0.2) is 77.8 Å². The maximum absolute atomic E-state index is 12.9. The topological polar surface area (TPSA) is 71.1 Å². The Bertz CT molecular complexity index is 928. The average Bonchev–Trinajstić information content (AvgIpc) is 2.63. The number of hydrogen-bond acceptors (Lipinski definition) is 4. The molecule has 25 heavy (non-hydrogen) atoms. The van der Waals surface area contributed by atoms with Gasteiger partial charge in [0.25, 0.3) is 10.0 Å². The summed E-state index contributed by atoms with van der Waals surface area (Å²) in [4.78, 5) is 4.28. The first-order valence-corrected chi connectivity index (χ1v) is 9.03. The summed E-state index contributed by atoms with van der Waals surface area (Å²) in [5.41, 5.74) is 1.65. The molecule has 0 spiro atoms. The molecule has 0 saturated heterocycles. The van der Waals surface area contributed by atoms with Gasteiger partial charge in [-0.2, -0.15) is 0 Å². The fourth-order valence-corrected chi connectivity index (χ4v) is 3.19. The second kappa shape index (κ2) is 7.31. The molecule has 2 N–H and O–H groups in total. The Morgan fingerprint density at radius 3 is 2.28 bits per heavy atom. The van der Waals surface area contributed by atoms with Gasteiger partial charge >= 0.3 is 0 Å². The lowest BCUT2D eigenvalue weighted by atomic mass is 10.2. The number of aromatic nitrogens is 1. The maximum atomic E-state index is 12.9. The van der Waals surface area contributed by atoms with Crippen LogP contribution in [0.2, 0.25) is 0 Å². The molecule has 0 radical (unpaired) electrons. The molecule has 128 valence electrons. The smallest absolute Gasteiger partial charge is 0.263 e. The molecule has 3 rings (SSSR count). The standard InChI is InChI=1S/C18H16FN3O2S/c19-15-8-6-14(7-9-15)12-20-16-10-11-18(21-13-16)22-25(23,24)17-4-2-1-3-5-17/h1-11,13,20H,12H2,(H,21,22). The summed E-state index contributed by atoms with van der Waals surface area (Å²) in [7, 11) is -3.65. The fourth-order valence-electron chi connectivity index (χ4n) is 2.16. The average molecular weight is 357 g/mol. The molecule has 1 aromatic heterocycles. The van der Waals surface area contributed by atoms with Gasteiger partial charge < -0.3 is 5.32 Å². The third-order valence-corrected chi connectivity index (χ3v) is 4.84. The first-order chi connectivity index (χ1) is 12.0. The van der Waals surface area contributed by atoms with Crippen LogP contribution in [0.3, 0.4) is 0 Å². The van der Waals surface area contributed by atoms with Crippen molar-refractivity contribution in [3.63, 3.8) is 0 Å². The van der Waals surface area contributed by atoms with E-state index in [4.69, 9.17) is 0 Å². The first-order valence-electron chi connectivity index (χ1n) is 7.55. The minimum absolute atomic E-state index is 0.176. The Hall–Kier alpha value is -2.93. The Labute approximate surface area is 145 Å². The molecule has 0 amide bonds. The third-order valence-electron chi connectivity index (χ3n) is 3.47. The van der Waals surface area contributed by atoms with E-state index in [0.29, 0.717) is 6.54 Å². The third kappa shape index (κ3) is 4.54. The monoisotopic (exact) mass is 357 g/mol. The Balaban J connectivity index is 1.63. The van der Waals surface area contributed by atoms with Gasteiger partial charge in [-0.15, -0.1) is 0 Å². The molecule has 0 bridgehead atoms. The number of nitrogens with zero attached hydrogens (tertiary/aromatic N) is 1. The number of nitrogens with one attached hydrogen (secondary N) is 2. The summed E-state index contributed by atoms with van der Waals surface area (Å²) in [6.07, 6.45) is 1.53. The molecule has 0 aliphatic heterocycles. The number of rotatable bonds is 6. The van der Waals surface area contributed by atoms with Crippen LogP contribution < -0.4 is 10.0 Å². The van der Waals surface area contributed by atoms with Crippen molar-refractivity contribution in [1.29, 1.82) is 0 Å². The molecule has 0 aliphatic rings. The van der Waals surface area contributed by atoms with Crippen molar-refractivity contribution in [2.45, 2.75) is 11.4 Å². The van der Waals surface area contributed by atoms with Gasteiger partial charge in [-0.05, 0) is 42.0 Å². The minimum Gasteiger partial charge on any atom is -0.380 e. The van der Waals surface area contributed by atoms with E-state index in [2.05, 4.69) is 15.0 Å². The predicted molar refractivity (Wildman–Crippen MR) is 95.2 cm³/mol. The SMILES string of the molecule is O=S(=O)(Nc1ccc(NCc2ccc(F)cc2)cn1)c1ccccc1. The first kappa shape index (κ1) is 16.9. The zero-order chi connectivity index (χ0) is 17.7. The highest BCUT2D eigenvalue weighted by Gasteiger charge is 2.13. The molecule has 3 aromatic rings. The highest BCUT2D eigenvalue weighted by atomic mass is 32.2. The lowest BCUT2D eigenvalue weighted by Gasteiger charge is -2.09. The summed E-state index contributed by atoms with van der Waals surface area (Å²) >= 11 is 0. The van der Waals surface area contributed by atoms with Gasteiger partial charge in [-0.3, -0.25) is 4.72 Å². The van der Waals surface area contributed by atoms with E-state index in [0.717, 1.165) is 11.3 Å². The fraction of sp³-hybridized carbons (Fsp3) is 0.0556. The van der Waals surface area contributed by atoms with Crippen molar-refractivity contribution < 1.29 is 12.8 Å². The number of pyridine rings is 1. The van der Waals surface area contributed by atoms with E-state index in [1.165, 1.54) is 30.5 Å². The van der Waals surface area contributed by atoms with Gasteiger partial charge in [0.05, 0.1) is 16.8 Å². The van der Waals surface area contributed by atoms with Crippen molar-refractivity contribution in [3.05, 3.63) is 84.3 Å². The number of sulfonamides is 1. The van der Waals surface area contributed by atoms with Crippen molar-refractivity contribution in [1.82, 2.24) is 4.98 Å². The zero-order valence-electron chi connectivity index (χ0n) is 13.2. The van der Waals surface area contributed by atoms with Gasteiger partial charge in [0.15, 0.2) is 0 Å². The van der Waals surface area contributed by atoms with Crippen LogP contribution in [-0.4, -0.2) is 13.4 Å². The molecular formula is C18H16FN3O2S. The van der Waals surface area contributed by atoms with E-state index in [1.54, 1.807) is 42.5 Å². The predicted octanol–water partition coefficient (Wildman–Crippen LogP) is 3.63. The van der Waals surface area contributed by atoms with Gasteiger partial charge in [0.2, 0.25) is 0 Å². The highest BCUT2D eigenvalue weighted by Crippen LogP contribution is 2.16. The molecule has 7 heteroatoms. The molecule has 0 atom stereocenters. The zero-order valence-corrected chi connectivity index (χ0v) is 14.0. The molecule has 0 aliphatic carbocycles. The highest BCUT2D eigenvalue weighted by molar-refractivity contribution is 7.92. The van der Waals surface area contributed by atoms with E-state index in [9.17, 15) is 12.8 Å². The number of benzene rings is 2. The molecule has 0 saturated carbocycles. The van der Waals surface area contributed by atoms with Crippen molar-refractivity contribution in [2.24, 2.45) is 0 Å². The van der Waals surface area contributed by atoms with E-state index < -0.39 is 10.0 Å². The van der Waals surface area contributed by atoms with Gasteiger partial charge in [-0.1, -0.05) is 30.3 Å². The maximum Gasteiger partial charge on any atom is 0.263 e. The summed E-state index contributed by atoms with van der Waals surface area (Å²) in [6.45, 7) is 0.511. The van der Waals surface area contributed by atoms with Gasteiger partial charge in [-0.25, -0.2) is 17.8 Å². The summed E-state index contributed by atoms with van der Waals surface area (Å²) in [6, 6.07) is 17.6. The van der Waals surface area contributed by atoms with Gasteiger partial charge in [0, 0.05) is 6.54 Å². The van der Waals surface area contributed by atoms with Crippen molar-refractivity contribution >= 4 is 21.5 Å². The van der Waals surface area contributed by atoms with E-state index >= 15 is 0 Å². The lowest BCUT2D eigenvalue weighted by Crippen LogP contribution is -2.13. The van der Waals surface area contributed by atoms with E-state index in [-0.39, 0.29) is 16.5 Å². The Morgan fingerprint density at radius 2 is 1.64 bits per heavy atom. The quantitative estimate of drug-likeness (QED) is 0.707. The Morgan fingerprint density at radius 1 is 0.920 bits per heavy atom. The molecule has 1 heterocycles. The summed E-state index contributed by atoms with van der Waals surface area (Å²) in [5.74, 6) is -0.0448. The molecule has 0 unspecified atom stereocenters. The van der Waals surface area contributed by atoms with Crippen LogP contribution in [0, 0.1) is 5.82 Å². The van der Waals surface area contributed by atoms with Crippen LogP contribution >= 0.6 is 0 Å². The van der Waals surface area contributed by atoms with Crippen LogP contribution in [0.4, 0.5) is 15.9 Å². The van der Waals surface area contributed by atoms with E-state index in [1.807, 2.05) is 0 Å². The minimum atomic E-state index is -3.65. The molecular weight excluding hydrogens is 341 g/mol.